The van der Waals surface area contributed by atoms with Crippen molar-refractivity contribution in [3.05, 3.63) is 163 Å². The third-order valence-electron chi connectivity index (χ3n) is 9.65. The Balaban J connectivity index is 1.38. The van der Waals surface area contributed by atoms with E-state index in [1.54, 1.807) is 0 Å². The zero-order valence-electron chi connectivity index (χ0n) is 25.4. The van der Waals surface area contributed by atoms with Crippen molar-refractivity contribution in [2.24, 2.45) is 0 Å². The Kier molecular flexibility index (Phi) is 5.20. The van der Waals surface area contributed by atoms with E-state index in [1.807, 2.05) is 0 Å². The van der Waals surface area contributed by atoms with Crippen molar-refractivity contribution in [2.75, 3.05) is 0 Å². The summed E-state index contributed by atoms with van der Waals surface area (Å²) in [5, 5.41) is 7.57. The van der Waals surface area contributed by atoms with Crippen LogP contribution in [0.1, 0.15) is 5.56 Å². The van der Waals surface area contributed by atoms with Crippen molar-refractivity contribution in [3.63, 3.8) is 0 Å². The van der Waals surface area contributed by atoms with E-state index < -0.39 is 0 Å². The number of nitrogens with zero attached hydrogens (tertiary/aromatic N) is 3. The normalized spacial score (nSPS) is 12.0. The van der Waals surface area contributed by atoms with Crippen molar-refractivity contribution in [3.8, 4) is 17.1 Å². The van der Waals surface area contributed by atoms with Gasteiger partial charge in [-0.25, -0.2) is 0 Å². The summed E-state index contributed by atoms with van der Waals surface area (Å²) in [5.41, 5.74) is 11.9. The third-order valence-corrected chi connectivity index (χ3v) is 9.65. The van der Waals surface area contributed by atoms with Crippen molar-refractivity contribution < 1.29 is 0 Å². The van der Waals surface area contributed by atoms with Gasteiger partial charge in [-0.15, -0.1) is 0 Å². The molecule has 0 radical (unpaired) electrons. The van der Waals surface area contributed by atoms with Crippen LogP contribution in [0.15, 0.2) is 158 Å². The number of aryl methyl sites for hydroxylation is 1. The molecule has 0 spiro atoms. The molecular weight excluding hydrogens is 558 g/mol. The monoisotopic (exact) mass is 587 g/mol. The second-order valence-corrected chi connectivity index (χ2v) is 12.3. The fourth-order valence-electron chi connectivity index (χ4n) is 7.73. The molecule has 7 aromatic carbocycles. The largest absolute Gasteiger partial charge is 0.309 e. The summed E-state index contributed by atoms with van der Waals surface area (Å²) < 4.78 is 7.31. The van der Waals surface area contributed by atoms with E-state index >= 15 is 0 Å². The summed E-state index contributed by atoms with van der Waals surface area (Å²) in [7, 11) is 0. The maximum absolute atomic E-state index is 2.44. The van der Waals surface area contributed by atoms with Crippen LogP contribution in [0.3, 0.4) is 0 Å². The molecule has 0 bridgehead atoms. The van der Waals surface area contributed by atoms with E-state index in [9.17, 15) is 0 Å². The number of hydrogen-bond acceptors (Lipinski definition) is 0. The minimum atomic E-state index is 1.13. The zero-order chi connectivity index (χ0) is 30.4. The Morgan fingerprint density at radius 1 is 0.283 bits per heavy atom. The van der Waals surface area contributed by atoms with E-state index in [0.717, 1.165) is 17.1 Å². The summed E-state index contributed by atoms with van der Waals surface area (Å²) in [6.07, 6.45) is 0. The third kappa shape index (κ3) is 3.48. The maximum atomic E-state index is 2.44. The first-order chi connectivity index (χ1) is 22.7. The molecule has 0 aliphatic heterocycles. The molecule has 3 heteroatoms. The first-order valence-electron chi connectivity index (χ1n) is 15.9. The lowest BCUT2D eigenvalue weighted by Crippen LogP contribution is -2.03. The standard InChI is InChI=1S/C43H29N3/c1-28-22-23-43-37(24-28)36-16-6-11-21-42(36)46(43)31-26-29(44-38-17-7-2-12-32(38)33-13-3-8-18-39(33)44)25-30(27-31)45-40-19-9-4-14-34(40)35-15-5-10-20-41(35)45/h2-27H,1H3. The van der Waals surface area contributed by atoms with Gasteiger partial charge in [0.15, 0.2) is 0 Å². The van der Waals surface area contributed by atoms with Crippen LogP contribution in [0.4, 0.5) is 0 Å². The molecule has 0 aliphatic carbocycles. The molecule has 0 saturated heterocycles. The summed E-state index contributed by atoms with van der Waals surface area (Å²) in [6, 6.07) is 57.7. The molecule has 10 rings (SSSR count). The second-order valence-electron chi connectivity index (χ2n) is 12.3. The molecule has 216 valence electrons. The summed E-state index contributed by atoms with van der Waals surface area (Å²) in [5.74, 6) is 0. The van der Waals surface area contributed by atoms with Crippen LogP contribution in [-0.4, -0.2) is 13.7 Å². The van der Waals surface area contributed by atoms with Crippen LogP contribution in [0.25, 0.3) is 82.5 Å². The van der Waals surface area contributed by atoms with Crippen molar-refractivity contribution in [1.82, 2.24) is 13.7 Å². The van der Waals surface area contributed by atoms with Gasteiger partial charge in [0.1, 0.15) is 0 Å². The number of rotatable bonds is 3. The SMILES string of the molecule is Cc1ccc2c(c1)c1ccccc1n2-c1cc(-n2c3ccccc3c3ccccc32)cc(-n2c3ccccc3c3ccccc32)c1. The molecule has 46 heavy (non-hydrogen) atoms. The first kappa shape index (κ1) is 25.3. The molecule has 0 amide bonds. The number of hydrogen-bond donors (Lipinski definition) is 0. The molecule has 0 saturated carbocycles. The Morgan fingerprint density at radius 3 is 0.913 bits per heavy atom. The van der Waals surface area contributed by atoms with E-state index in [-0.39, 0.29) is 0 Å². The molecule has 0 aliphatic rings. The molecule has 0 fully saturated rings. The lowest BCUT2D eigenvalue weighted by atomic mass is 10.1. The van der Waals surface area contributed by atoms with Crippen LogP contribution in [0.5, 0.6) is 0 Å². The van der Waals surface area contributed by atoms with Crippen LogP contribution in [0, 0.1) is 6.92 Å². The highest BCUT2D eigenvalue weighted by Crippen LogP contribution is 2.39. The van der Waals surface area contributed by atoms with Crippen LogP contribution in [0.2, 0.25) is 0 Å². The quantitative estimate of drug-likeness (QED) is 0.195. The topological polar surface area (TPSA) is 14.8 Å². The Hall–Kier alpha value is -6.06. The van der Waals surface area contributed by atoms with Gasteiger partial charge in [0, 0.05) is 32.3 Å². The molecule has 3 nitrogen and oxygen atoms in total. The van der Waals surface area contributed by atoms with Gasteiger partial charge in [-0.1, -0.05) is 103 Å². The summed E-state index contributed by atoms with van der Waals surface area (Å²) in [4.78, 5) is 0. The average molecular weight is 588 g/mol. The van der Waals surface area contributed by atoms with Crippen LogP contribution < -0.4 is 0 Å². The number of para-hydroxylation sites is 5. The Bertz CT molecular complexity index is 2580. The summed E-state index contributed by atoms with van der Waals surface area (Å²) >= 11 is 0. The molecule has 3 aromatic heterocycles. The fourth-order valence-corrected chi connectivity index (χ4v) is 7.73. The smallest absolute Gasteiger partial charge is 0.0541 e. The van der Waals surface area contributed by atoms with Gasteiger partial charge in [0.2, 0.25) is 0 Å². The Labute approximate surface area is 265 Å². The van der Waals surface area contributed by atoms with E-state index in [0.29, 0.717) is 0 Å². The van der Waals surface area contributed by atoms with E-state index in [1.165, 1.54) is 71.0 Å². The lowest BCUT2D eigenvalue weighted by Gasteiger charge is -2.17. The van der Waals surface area contributed by atoms with Gasteiger partial charge >= 0.3 is 0 Å². The number of benzene rings is 7. The van der Waals surface area contributed by atoms with Gasteiger partial charge in [-0.2, -0.15) is 0 Å². The van der Waals surface area contributed by atoms with Crippen molar-refractivity contribution in [1.29, 1.82) is 0 Å². The molecule has 10 aromatic rings. The van der Waals surface area contributed by atoms with Gasteiger partial charge in [-0.05, 0) is 67.6 Å². The number of fused-ring (bicyclic) bond motifs is 9. The minimum Gasteiger partial charge on any atom is -0.309 e. The predicted octanol–water partition coefficient (Wildman–Crippen LogP) is 11.3. The van der Waals surface area contributed by atoms with Gasteiger partial charge in [-0.3, -0.25) is 0 Å². The highest BCUT2D eigenvalue weighted by molar-refractivity contribution is 6.12. The summed E-state index contributed by atoms with van der Waals surface area (Å²) in [6.45, 7) is 2.18. The van der Waals surface area contributed by atoms with Crippen LogP contribution >= 0.6 is 0 Å². The second kappa shape index (κ2) is 9.47. The highest BCUT2D eigenvalue weighted by Gasteiger charge is 2.19. The minimum absolute atomic E-state index is 1.13. The maximum Gasteiger partial charge on any atom is 0.0541 e. The lowest BCUT2D eigenvalue weighted by molar-refractivity contribution is 1.10. The number of aromatic nitrogens is 3. The van der Waals surface area contributed by atoms with E-state index in [2.05, 4.69) is 178 Å². The Morgan fingerprint density at radius 2 is 0.565 bits per heavy atom. The van der Waals surface area contributed by atoms with Gasteiger partial charge in [0.05, 0.1) is 50.2 Å². The van der Waals surface area contributed by atoms with Crippen molar-refractivity contribution >= 4 is 65.4 Å². The van der Waals surface area contributed by atoms with Crippen LogP contribution in [-0.2, 0) is 0 Å². The molecule has 0 N–H and O–H groups in total. The zero-order valence-corrected chi connectivity index (χ0v) is 25.4. The fraction of sp³-hybridized carbons (Fsp3) is 0.0233. The van der Waals surface area contributed by atoms with Crippen molar-refractivity contribution in [2.45, 2.75) is 6.92 Å². The molecule has 3 heterocycles. The first-order valence-corrected chi connectivity index (χ1v) is 15.9. The molecular formula is C43H29N3. The van der Waals surface area contributed by atoms with E-state index in [4.69, 9.17) is 0 Å². The molecule has 0 unspecified atom stereocenters. The van der Waals surface area contributed by atoms with Gasteiger partial charge in [0.25, 0.3) is 0 Å². The van der Waals surface area contributed by atoms with Gasteiger partial charge < -0.3 is 13.7 Å². The highest BCUT2D eigenvalue weighted by atomic mass is 15.0. The average Bonchev–Trinajstić information content (AvgIpc) is 3.74. The predicted molar refractivity (Wildman–Crippen MR) is 194 cm³/mol. The molecule has 0 atom stereocenters.